The van der Waals surface area contributed by atoms with Gasteiger partial charge in [-0.05, 0) is 12.5 Å². The molecule has 0 aliphatic rings. The van der Waals surface area contributed by atoms with E-state index in [9.17, 15) is 10.1 Å². The maximum Gasteiger partial charge on any atom is 0.278 e. The number of ether oxygens (including phenoxy) is 2. The smallest absolute Gasteiger partial charge is 0.278 e. The fourth-order valence-corrected chi connectivity index (χ4v) is 1.81. The van der Waals surface area contributed by atoms with E-state index in [0.29, 0.717) is 23.5 Å². The summed E-state index contributed by atoms with van der Waals surface area (Å²) >= 11 is 0. The highest BCUT2D eigenvalue weighted by molar-refractivity contribution is 5.55. The SMILES string of the molecule is CCC[C@H](N)c1cc(OC)c(OC)cc1[N+](=O)[O-]. The van der Waals surface area contributed by atoms with Crippen LogP contribution in [-0.4, -0.2) is 19.1 Å². The lowest BCUT2D eigenvalue weighted by molar-refractivity contribution is -0.385. The summed E-state index contributed by atoms with van der Waals surface area (Å²) in [5, 5.41) is 11.1. The molecule has 0 aromatic heterocycles. The minimum absolute atomic E-state index is 0.0337. The second kappa shape index (κ2) is 6.20. The average molecular weight is 254 g/mol. The highest BCUT2D eigenvalue weighted by Crippen LogP contribution is 2.37. The van der Waals surface area contributed by atoms with E-state index in [1.807, 2.05) is 6.92 Å². The zero-order valence-corrected chi connectivity index (χ0v) is 10.8. The summed E-state index contributed by atoms with van der Waals surface area (Å²) in [5.41, 5.74) is 6.40. The Morgan fingerprint density at radius 2 is 1.89 bits per heavy atom. The Bertz CT molecular complexity index is 434. The Labute approximate surface area is 106 Å². The summed E-state index contributed by atoms with van der Waals surface area (Å²) < 4.78 is 10.2. The molecule has 0 heterocycles. The first-order valence-corrected chi connectivity index (χ1v) is 5.71. The minimum Gasteiger partial charge on any atom is -0.493 e. The number of rotatable bonds is 6. The molecule has 1 aromatic carbocycles. The van der Waals surface area contributed by atoms with Gasteiger partial charge in [0.1, 0.15) is 0 Å². The van der Waals surface area contributed by atoms with Gasteiger partial charge in [0.05, 0.1) is 30.8 Å². The zero-order chi connectivity index (χ0) is 13.7. The van der Waals surface area contributed by atoms with Gasteiger partial charge in [-0.3, -0.25) is 10.1 Å². The molecule has 0 spiro atoms. The van der Waals surface area contributed by atoms with Gasteiger partial charge in [0.25, 0.3) is 5.69 Å². The number of benzene rings is 1. The number of nitrogens with zero attached hydrogens (tertiary/aromatic N) is 1. The van der Waals surface area contributed by atoms with Gasteiger partial charge in [0.2, 0.25) is 0 Å². The normalized spacial score (nSPS) is 12.0. The fourth-order valence-electron chi connectivity index (χ4n) is 1.81. The second-order valence-electron chi connectivity index (χ2n) is 3.92. The van der Waals surface area contributed by atoms with Crippen LogP contribution >= 0.6 is 0 Å². The molecule has 1 atom stereocenters. The predicted molar refractivity (Wildman–Crippen MR) is 68.0 cm³/mol. The van der Waals surface area contributed by atoms with Gasteiger partial charge in [-0.2, -0.15) is 0 Å². The van der Waals surface area contributed by atoms with Crippen LogP contribution in [0.4, 0.5) is 5.69 Å². The van der Waals surface area contributed by atoms with E-state index in [2.05, 4.69) is 0 Å². The molecule has 18 heavy (non-hydrogen) atoms. The lowest BCUT2D eigenvalue weighted by atomic mass is 10.0. The van der Waals surface area contributed by atoms with Crippen molar-refractivity contribution in [1.29, 1.82) is 0 Å². The number of hydrogen-bond acceptors (Lipinski definition) is 5. The van der Waals surface area contributed by atoms with E-state index in [1.54, 1.807) is 6.07 Å². The van der Waals surface area contributed by atoms with Crippen molar-refractivity contribution in [1.82, 2.24) is 0 Å². The van der Waals surface area contributed by atoms with Crippen LogP contribution in [0.15, 0.2) is 12.1 Å². The van der Waals surface area contributed by atoms with Gasteiger partial charge < -0.3 is 15.2 Å². The topological polar surface area (TPSA) is 87.6 Å². The van der Waals surface area contributed by atoms with Crippen LogP contribution < -0.4 is 15.2 Å². The molecule has 100 valence electrons. The Balaban J connectivity index is 3.33. The molecule has 0 saturated heterocycles. The van der Waals surface area contributed by atoms with Gasteiger partial charge >= 0.3 is 0 Å². The van der Waals surface area contributed by atoms with E-state index in [-0.39, 0.29) is 11.7 Å². The van der Waals surface area contributed by atoms with Crippen LogP contribution in [0.3, 0.4) is 0 Å². The molecule has 0 bridgehead atoms. The molecular weight excluding hydrogens is 236 g/mol. The van der Waals surface area contributed by atoms with Crippen molar-refractivity contribution in [3.05, 3.63) is 27.8 Å². The van der Waals surface area contributed by atoms with Crippen molar-refractivity contribution in [2.45, 2.75) is 25.8 Å². The lowest BCUT2D eigenvalue weighted by Gasteiger charge is -2.14. The first kappa shape index (κ1) is 14.2. The quantitative estimate of drug-likeness (QED) is 0.622. The Kier molecular flexibility index (Phi) is 4.91. The average Bonchev–Trinajstić information content (AvgIpc) is 2.37. The molecule has 6 heteroatoms. The monoisotopic (exact) mass is 254 g/mol. The molecule has 0 aliphatic heterocycles. The molecule has 0 saturated carbocycles. The van der Waals surface area contributed by atoms with E-state index >= 15 is 0 Å². The molecular formula is C12H18N2O4. The van der Waals surface area contributed by atoms with Crippen LogP contribution in [0.25, 0.3) is 0 Å². The molecule has 0 fully saturated rings. The first-order chi connectivity index (χ1) is 8.54. The van der Waals surface area contributed by atoms with Crippen LogP contribution in [0.2, 0.25) is 0 Å². The third-order valence-electron chi connectivity index (χ3n) is 2.73. The molecule has 1 aromatic rings. The van der Waals surface area contributed by atoms with E-state index in [1.165, 1.54) is 20.3 Å². The Morgan fingerprint density at radius 1 is 1.33 bits per heavy atom. The summed E-state index contributed by atoms with van der Waals surface area (Å²) in [5.74, 6) is 0.779. The Morgan fingerprint density at radius 3 is 2.33 bits per heavy atom. The van der Waals surface area contributed by atoms with Gasteiger partial charge in [-0.1, -0.05) is 13.3 Å². The van der Waals surface area contributed by atoms with Gasteiger partial charge in [0, 0.05) is 6.04 Å². The van der Waals surface area contributed by atoms with Crippen LogP contribution in [0.1, 0.15) is 31.4 Å². The summed E-state index contributed by atoms with van der Waals surface area (Å²) in [6, 6.07) is 2.55. The van der Waals surface area contributed by atoms with E-state index in [4.69, 9.17) is 15.2 Å². The largest absolute Gasteiger partial charge is 0.493 e. The molecule has 0 amide bonds. The molecule has 1 rings (SSSR count). The summed E-state index contributed by atoms with van der Waals surface area (Å²) in [4.78, 5) is 10.6. The van der Waals surface area contributed by atoms with Gasteiger partial charge in [0.15, 0.2) is 11.5 Å². The highest BCUT2D eigenvalue weighted by Gasteiger charge is 2.23. The van der Waals surface area contributed by atoms with Crippen molar-refractivity contribution in [3.8, 4) is 11.5 Å². The van der Waals surface area contributed by atoms with Crippen LogP contribution in [0.5, 0.6) is 11.5 Å². The molecule has 0 unspecified atom stereocenters. The van der Waals surface area contributed by atoms with Crippen molar-refractivity contribution >= 4 is 5.69 Å². The maximum absolute atomic E-state index is 11.1. The number of nitro benzene ring substituents is 1. The highest BCUT2D eigenvalue weighted by atomic mass is 16.6. The van der Waals surface area contributed by atoms with Gasteiger partial charge in [-0.15, -0.1) is 0 Å². The molecule has 0 aliphatic carbocycles. The van der Waals surface area contributed by atoms with E-state index in [0.717, 1.165) is 6.42 Å². The number of nitro groups is 1. The lowest BCUT2D eigenvalue weighted by Crippen LogP contribution is -2.12. The number of methoxy groups -OCH3 is 2. The summed E-state index contributed by atoms with van der Waals surface area (Å²) in [6.45, 7) is 1.98. The van der Waals surface area contributed by atoms with Crippen molar-refractivity contribution in [3.63, 3.8) is 0 Å². The third kappa shape index (κ3) is 2.89. The molecule has 6 nitrogen and oxygen atoms in total. The number of nitrogens with two attached hydrogens (primary N) is 1. The summed E-state index contributed by atoms with van der Waals surface area (Å²) in [6.07, 6.45) is 1.53. The molecule has 0 radical (unpaired) electrons. The van der Waals surface area contributed by atoms with E-state index < -0.39 is 4.92 Å². The van der Waals surface area contributed by atoms with Gasteiger partial charge in [-0.25, -0.2) is 0 Å². The first-order valence-electron chi connectivity index (χ1n) is 5.71. The standard InChI is InChI=1S/C12H18N2O4/c1-4-5-9(13)8-6-11(17-2)12(18-3)7-10(8)14(15)16/h6-7,9H,4-5,13H2,1-3H3/t9-/m0/s1. The number of hydrogen-bond donors (Lipinski definition) is 1. The second-order valence-corrected chi connectivity index (χ2v) is 3.92. The van der Waals surface area contributed by atoms with Crippen LogP contribution in [0, 0.1) is 10.1 Å². The summed E-state index contributed by atoms with van der Waals surface area (Å²) in [7, 11) is 2.92. The molecule has 2 N–H and O–H groups in total. The fraction of sp³-hybridized carbons (Fsp3) is 0.500. The maximum atomic E-state index is 11.1. The van der Waals surface area contributed by atoms with Crippen molar-refractivity contribution in [2.24, 2.45) is 5.73 Å². The van der Waals surface area contributed by atoms with Crippen LogP contribution in [-0.2, 0) is 0 Å². The predicted octanol–water partition coefficient (Wildman–Crippen LogP) is 2.41. The van der Waals surface area contributed by atoms with Crippen molar-refractivity contribution < 1.29 is 14.4 Å². The minimum atomic E-state index is -0.452. The zero-order valence-electron chi connectivity index (χ0n) is 10.8. The van der Waals surface area contributed by atoms with Crippen molar-refractivity contribution in [2.75, 3.05) is 14.2 Å². The third-order valence-corrected chi connectivity index (χ3v) is 2.73. The Hall–Kier alpha value is -1.82.